The monoisotopic (exact) mass is 522 g/mol. The third-order valence-electron chi connectivity index (χ3n) is 7.68. The zero-order valence-electron chi connectivity index (χ0n) is 22.8. The summed E-state index contributed by atoms with van der Waals surface area (Å²) in [6.07, 6.45) is 16.2. The van der Waals surface area contributed by atoms with Crippen molar-refractivity contribution in [2.24, 2.45) is 11.8 Å². The van der Waals surface area contributed by atoms with E-state index in [1.807, 2.05) is 0 Å². The van der Waals surface area contributed by atoms with E-state index in [1.54, 1.807) is 0 Å². The number of ether oxygens (including phenoxy) is 4. The minimum absolute atomic E-state index is 0.0201. The molecule has 1 saturated carbocycles. The summed E-state index contributed by atoms with van der Waals surface area (Å²) in [5.74, 6) is 4.35. The maximum Gasteiger partial charge on any atom is 0.285 e. The lowest BCUT2D eigenvalue weighted by atomic mass is 9.88. The van der Waals surface area contributed by atoms with Crippen LogP contribution < -0.4 is 0 Å². The highest BCUT2D eigenvalue weighted by atomic mass is 16.9. The molecule has 3 unspecified atom stereocenters. The molecule has 3 aliphatic rings. The van der Waals surface area contributed by atoms with Crippen molar-refractivity contribution >= 4 is 0 Å². The van der Waals surface area contributed by atoms with E-state index in [2.05, 4.69) is 30.9 Å². The molecule has 6 atom stereocenters. The van der Waals surface area contributed by atoms with Crippen LogP contribution in [0.4, 0.5) is 0 Å². The Balaban J connectivity index is 1.47. The standard InChI is InChI=1S/C30H50O7/c1-2-3-4-5-6-7-14-24-18-19-27(32)26(24)23-25(31)15-8-11-20-30(33,36-28-16-9-12-21-34-28)37-29-17-10-13-22-35-29/h7,14,24-29,31-33H,2-6,9-13,16-23H2,1H3/t24-,25?,26+,27-,28?,29?,30?/m0/s1. The molecule has 2 saturated heterocycles. The SMILES string of the molecule is CCCCCCC=C[C@H]1CC[C@H](O)[C@@H]1CC(O)C#CCCC(O)(OC1CCCCO1)OC1CCCCO1. The zero-order chi connectivity index (χ0) is 26.3. The molecule has 37 heavy (non-hydrogen) atoms. The highest BCUT2D eigenvalue weighted by molar-refractivity contribution is 5.07. The molecular formula is C30H50O7. The van der Waals surface area contributed by atoms with E-state index in [0.29, 0.717) is 38.9 Å². The highest BCUT2D eigenvalue weighted by Crippen LogP contribution is 2.36. The van der Waals surface area contributed by atoms with Crippen LogP contribution in [0.1, 0.15) is 110 Å². The van der Waals surface area contributed by atoms with Gasteiger partial charge in [-0.3, -0.25) is 9.47 Å². The summed E-state index contributed by atoms with van der Waals surface area (Å²) in [6.45, 7) is 3.43. The first-order valence-electron chi connectivity index (χ1n) is 14.8. The molecule has 0 spiro atoms. The van der Waals surface area contributed by atoms with Crippen LogP contribution in [0.5, 0.6) is 0 Å². The predicted octanol–water partition coefficient (Wildman–Crippen LogP) is 5.17. The molecule has 0 aromatic rings. The summed E-state index contributed by atoms with van der Waals surface area (Å²) in [4.78, 5) is 0. The first-order valence-corrected chi connectivity index (χ1v) is 14.8. The maximum atomic E-state index is 11.2. The van der Waals surface area contributed by atoms with Gasteiger partial charge in [0.15, 0.2) is 12.6 Å². The lowest BCUT2D eigenvalue weighted by Gasteiger charge is -2.36. The quantitative estimate of drug-likeness (QED) is 0.125. The van der Waals surface area contributed by atoms with E-state index >= 15 is 0 Å². The fraction of sp³-hybridized carbons (Fsp3) is 0.867. The summed E-state index contributed by atoms with van der Waals surface area (Å²) in [7, 11) is 0. The molecule has 1 aliphatic carbocycles. The Kier molecular flexibility index (Phi) is 13.9. The Labute approximate surface area is 223 Å². The van der Waals surface area contributed by atoms with Crippen LogP contribution in [0.3, 0.4) is 0 Å². The van der Waals surface area contributed by atoms with Gasteiger partial charge in [0.05, 0.1) is 6.10 Å². The molecule has 0 amide bonds. The summed E-state index contributed by atoms with van der Waals surface area (Å²) in [6, 6.07) is 0. The molecule has 3 fully saturated rings. The predicted molar refractivity (Wildman–Crippen MR) is 142 cm³/mol. The summed E-state index contributed by atoms with van der Waals surface area (Å²) in [5, 5.41) is 32.2. The number of hydrogen-bond acceptors (Lipinski definition) is 7. The van der Waals surface area contributed by atoms with Crippen LogP contribution in [-0.2, 0) is 18.9 Å². The van der Waals surface area contributed by atoms with Crippen molar-refractivity contribution in [3.63, 3.8) is 0 Å². The average molecular weight is 523 g/mol. The van der Waals surface area contributed by atoms with Crippen molar-refractivity contribution in [1.82, 2.24) is 0 Å². The Morgan fingerprint density at radius 2 is 1.68 bits per heavy atom. The van der Waals surface area contributed by atoms with Gasteiger partial charge >= 0.3 is 0 Å². The maximum absolute atomic E-state index is 11.2. The van der Waals surface area contributed by atoms with Crippen LogP contribution in [0.2, 0.25) is 0 Å². The number of unbranched alkanes of at least 4 members (excludes halogenated alkanes) is 4. The van der Waals surface area contributed by atoms with E-state index in [1.165, 1.54) is 25.7 Å². The van der Waals surface area contributed by atoms with E-state index < -0.39 is 30.8 Å². The first-order chi connectivity index (χ1) is 18.0. The van der Waals surface area contributed by atoms with Gasteiger partial charge in [0.2, 0.25) is 0 Å². The number of rotatable bonds is 14. The number of aliphatic hydroxyl groups excluding tert-OH is 2. The molecular weight excluding hydrogens is 472 g/mol. The van der Waals surface area contributed by atoms with Gasteiger partial charge in [0.1, 0.15) is 6.10 Å². The third kappa shape index (κ3) is 11.3. The van der Waals surface area contributed by atoms with Crippen molar-refractivity contribution in [2.75, 3.05) is 13.2 Å². The van der Waals surface area contributed by atoms with Crippen molar-refractivity contribution in [1.29, 1.82) is 0 Å². The lowest BCUT2D eigenvalue weighted by molar-refractivity contribution is -0.441. The molecule has 0 radical (unpaired) electrons. The summed E-state index contributed by atoms with van der Waals surface area (Å²) >= 11 is 0. The van der Waals surface area contributed by atoms with Gasteiger partial charge < -0.3 is 24.8 Å². The zero-order valence-corrected chi connectivity index (χ0v) is 22.8. The molecule has 2 aliphatic heterocycles. The second-order valence-corrected chi connectivity index (χ2v) is 10.9. The molecule has 7 heteroatoms. The molecule has 0 bridgehead atoms. The van der Waals surface area contributed by atoms with Crippen molar-refractivity contribution in [3.05, 3.63) is 12.2 Å². The van der Waals surface area contributed by atoms with Gasteiger partial charge in [0.25, 0.3) is 5.97 Å². The Morgan fingerprint density at radius 3 is 2.30 bits per heavy atom. The van der Waals surface area contributed by atoms with Gasteiger partial charge in [0, 0.05) is 26.1 Å². The normalized spacial score (nSPS) is 31.1. The second kappa shape index (κ2) is 16.9. The van der Waals surface area contributed by atoms with Crippen molar-refractivity contribution < 1.29 is 34.3 Å². The molecule has 3 N–H and O–H groups in total. The van der Waals surface area contributed by atoms with Crippen molar-refractivity contribution in [2.45, 2.75) is 140 Å². The van der Waals surface area contributed by atoms with E-state index in [4.69, 9.17) is 18.9 Å². The number of allylic oxidation sites excluding steroid dienone is 2. The fourth-order valence-corrected chi connectivity index (χ4v) is 5.50. The van der Waals surface area contributed by atoms with Gasteiger partial charge in [-0.2, -0.15) is 0 Å². The Morgan fingerprint density at radius 1 is 0.973 bits per heavy atom. The number of aliphatic hydroxyl groups is 3. The van der Waals surface area contributed by atoms with E-state index in [0.717, 1.165) is 44.9 Å². The first kappa shape index (κ1) is 30.6. The summed E-state index contributed by atoms with van der Waals surface area (Å²) in [5.41, 5.74) is 0. The Hall–Kier alpha value is -0.980. The lowest BCUT2D eigenvalue weighted by Crippen LogP contribution is -2.45. The van der Waals surface area contributed by atoms with E-state index in [9.17, 15) is 15.3 Å². The topological polar surface area (TPSA) is 97.6 Å². The largest absolute Gasteiger partial charge is 0.393 e. The van der Waals surface area contributed by atoms with Gasteiger partial charge in [-0.25, -0.2) is 0 Å². The minimum atomic E-state index is -1.85. The highest BCUT2D eigenvalue weighted by Gasteiger charge is 2.37. The molecule has 2 heterocycles. The van der Waals surface area contributed by atoms with Crippen LogP contribution in [0, 0.1) is 23.7 Å². The fourth-order valence-electron chi connectivity index (χ4n) is 5.50. The molecule has 0 aromatic heterocycles. The molecule has 0 aromatic carbocycles. The molecule has 3 rings (SSSR count). The molecule has 212 valence electrons. The average Bonchev–Trinajstić information content (AvgIpc) is 3.24. The van der Waals surface area contributed by atoms with Gasteiger partial charge in [-0.15, -0.1) is 5.92 Å². The third-order valence-corrected chi connectivity index (χ3v) is 7.68. The van der Waals surface area contributed by atoms with E-state index in [-0.39, 0.29) is 18.3 Å². The van der Waals surface area contributed by atoms with Crippen molar-refractivity contribution in [3.8, 4) is 11.8 Å². The van der Waals surface area contributed by atoms with Crippen LogP contribution in [0.15, 0.2) is 12.2 Å². The second-order valence-electron chi connectivity index (χ2n) is 10.9. The summed E-state index contributed by atoms with van der Waals surface area (Å²) < 4.78 is 23.0. The van der Waals surface area contributed by atoms with Crippen LogP contribution in [0.25, 0.3) is 0 Å². The van der Waals surface area contributed by atoms with Gasteiger partial charge in [-0.05, 0) is 82.5 Å². The smallest absolute Gasteiger partial charge is 0.285 e. The molecule has 7 nitrogen and oxygen atoms in total. The number of hydrogen-bond donors (Lipinski definition) is 3. The van der Waals surface area contributed by atoms with Gasteiger partial charge in [-0.1, -0.05) is 44.3 Å². The van der Waals surface area contributed by atoms with Crippen LogP contribution >= 0.6 is 0 Å². The Bertz CT molecular complexity index is 682. The minimum Gasteiger partial charge on any atom is -0.393 e. The van der Waals surface area contributed by atoms with Crippen LogP contribution in [-0.4, -0.2) is 59.3 Å².